The number of carbonyl (C=O) groups excluding carboxylic acids is 2. The first-order valence-electron chi connectivity index (χ1n) is 4.13. The Bertz CT molecular complexity index is 210. The largest absolute Gasteiger partial charge is 0.490 e. The fourth-order valence-electron chi connectivity index (χ4n) is 0.674. The van der Waals surface area contributed by atoms with E-state index in [1.807, 2.05) is 6.92 Å². The van der Waals surface area contributed by atoms with Crippen LogP contribution in [0.4, 0.5) is 13.2 Å². The van der Waals surface area contributed by atoms with Crippen LogP contribution in [0.1, 0.15) is 26.2 Å². The van der Waals surface area contributed by atoms with Gasteiger partial charge in [-0.25, -0.2) is 4.79 Å². The molecule has 82 valence electrons. The molecule has 0 heterocycles. The van der Waals surface area contributed by atoms with Crippen LogP contribution in [0.3, 0.4) is 0 Å². The zero-order valence-corrected chi connectivity index (χ0v) is 7.69. The number of ketones is 1. The fraction of sp³-hybridized carbons (Fsp3) is 0.750. The maximum absolute atomic E-state index is 11.6. The maximum Gasteiger partial charge on any atom is 0.490 e. The quantitative estimate of drug-likeness (QED) is 0.653. The highest BCUT2D eigenvalue weighted by molar-refractivity contribution is 5.83. The number of carbonyl (C=O) groups is 2. The predicted octanol–water partition coefficient (Wildman–Crippen LogP) is 1.85. The van der Waals surface area contributed by atoms with Crippen LogP contribution in [0, 0.1) is 0 Å². The van der Waals surface area contributed by atoms with Crippen LogP contribution in [-0.4, -0.2) is 24.5 Å². The van der Waals surface area contributed by atoms with E-state index in [1.54, 1.807) is 0 Å². The monoisotopic (exact) mass is 212 g/mol. The van der Waals surface area contributed by atoms with Crippen LogP contribution < -0.4 is 0 Å². The van der Waals surface area contributed by atoms with Gasteiger partial charge in [0.05, 0.1) is 0 Å². The number of halogens is 3. The van der Waals surface area contributed by atoms with Gasteiger partial charge in [-0.3, -0.25) is 4.79 Å². The highest BCUT2D eigenvalue weighted by Crippen LogP contribution is 2.16. The van der Waals surface area contributed by atoms with E-state index < -0.39 is 24.5 Å². The molecule has 0 aliphatic carbocycles. The molecule has 14 heavy (non-hydrogen) atoms. The third-order valence-electron chi connectivity index (χ3n) is 1.40. The molecule has 0 radical (unpaired) electrons. The van der Waals surface area contributed by atoms with Crippen LogP contribution in [0.2, 0.25) is 0 Å². The van der Waals surface area contributed by atoms with Gasteiger partial charge < -0.3 is 4.74 Å². The van der Waals surface area contributed by atoms with Gasteiger partial charge in [0.2, 0.25) is 0 Å². The number of ether oxygens (including phenoxy) is 1. The molecule has 0 unspecified atom stereocenters. The van der Waals surface area contributed by atoms with E-state index in [2.05, 4.69) is 4.74 Å². The van der Waals surface area contributed by atoms with E-state index in [0.717, 1.165) is 6.42 Å². The molecule has 0 bridgehead atoms. The fourth-order valence-corrected chi connectivity index (χ4v) is 0.674. The Morgan fingerprint density at radius 3 is 2.29 bits per heavy atom. The molecule has 0 saturated heterocycles. The van der Waals surface area contributed by atoms with Gasteiger partial charge in [-0.15, -0.1) is 0 Å². The second kappa shape index (κ2) is 5.62. The first-order valence-corrected chi connectivity index (χ1v) is 4.13. The van der Waals surface area contributed by atoms with Crippen molar-refractivity contribution in [1.29, 1.82) is 0 Å². The second-order valence-corrected chi connectivity index (χ2v) is 2.72. The van der Waals surface area contributed by atoms with Crippen molar-refractivity contribution in [2.24, 2.45) is 0 Å². The summed E-state index contributed by atoms with van der Waals surface area (Å²) < 4.78 is 38.4. The summed E-state index contributed by atoms with van der Waals surface area (Å²) >= 11 is 0. The number of Topliss-reactive ketones (excluding diaryl/α,β-unsaturated/α-hetero) is 1. The van der Waals surface area contributed by atoms with E-state index in [1.165, 1.54) is 0 Å². The lowest BCUT2D eigenvalue weighted by atomic mass is 10.2. The Kier molecular flexibility index (Phi) is 5.19. The summed E-state index contributed by atoms with van der Waals surface area (Å²) in [4.78, 5) is 20.9. The van der Waals surface area contributed by atoms with Crippen LogP contribution in [-0.2, 0) is 14.3 Å². The van der Waals surface area contributed by atoms with E-state index in [0.29, 0.717) is 6.42 Å². The molecule has 0 aliphatic heterocycles. The molecule has 0 rings (SSSR count). The second-order valence-electron chi connectivity index (χ2n) is 2.72. The van der Waals surface area contributed by atoms with Crippen LogP contribution >= 0.6 is 0 Å². The molecular formula is C8H11F3O3. The first kappa shape index (κ1) is 12.9. The minimum absolute atomic E-state index is 0.141. The number of hydrogen-bond donors (Lipinski definition) is 0. The number of unbranched alkanes of at least 4 members (excludes halogenated alkanes) is 1. The predicted molar refractivity (Wildman–Crippen MR) is 41.5 cm³/mol. The molecule has 0 fully saturated rings. The Labute approximate surface area is 79.2 Å². The smallest absolute Gasteiger partial charge is 0.451 e. The SMILES string of the molecule is CCCCC(=O)COC(=O)C(F)(F)F. The Morgan fingerprint density at radius 1 is 1.29 bits per heavy atom. The van der Waals surface area contributed by atoms with Crippen molar-refractivity contribution in [3.05, 3.63) is 0 Å². The van der Waals surface area contributed by atoms with Crippen LogP contribution in [0.25, 0.3) is 0 Å². The van der Waals surface area contributed by atoms with Gasteiger partial charge >= 0.3 is 12.1 Å². The van der Waals surface area contributed by atoms with Gasteiger partial charge in [-0.05, 0) is 6.42 Å². The zero-order chi connectivity index (χ0) is 11.2. The molecule has 6 heteroatoms. The van der Waals surface area contributed by atoms with Gasteiger partial charge in [-0.1, -0.05) is 13.3 Å². The third-order valence-corrected chi connectivity index (χ3v) is 1.40. The lowest BCUT2D eigenvalue weighted by Crippen LogP contribution is -2.27. The van der Waals surface area contributed by atoms with Crippen molar-refractivity contribution < 1.29 is 27.5 Å². The summed E-state index contributed by atoms with van der Waals surface area (Å²) in [6.45, 7) is 1.05. The number of alkyl halides is 3. The lowest BCUT2D eigenvalue weighted by Gasteiger charge is -2.05. The maximum atomic E-state index is 11.6. The number of esters is 1. The van der Waals surface area contributed by atoms with Gasteiger partial charge in [-0.2, -0.15) is 13.2 Å². The van der Waals surface area contributed by atoms with Crippen molar-refractivity contribution in [2.75, 3.05) is 6.61 Å². The average molecular weight is 212 g/mol. The highest BCUT2D eigenvalue weighted by Gasteiger charge is 2.41. The van der Waals surface area contributed by atoms with Gasteiger partial charge in [0.15, 0.2) is 5.78 Å². The van der Waals surface area contributed by atoms with Gasteiger partial charge in [0, 0.05) is 6.42 Å². The Morgan fingerprint density at radius 2 is 1.86 bits per heavy atom. The van der Waals surface area contributed by atoms with Crippen molar-refractivity contribution in [2.45, 2.75) is 32.4 Å². The minimum atomic E-state index is -5.02. The summed E-state index contributed by atoms with van der Waals surface area (Å²) in [5, 5.41) is 0. The lowest BCUT2D eigenvalue weighted by molar-refractivity contribution is -0.199. The van der Waals surface area contributed by atoms with Crippen molar-refractivity contribution >= 4 is 11.8 Å². The Hall–Kier alpha value is -1.07. The van der Waals surface area contributed by atoms with E-state index >= 15 is 0 Å². The molecule has 0 spiro atoms. The summed E-state index contributed by atoms with van der Waals surface area (Å²) in [6.07, 6.45) is -3.53. The molecule has 0 aromatic heterocycles. The van der Waals surface area contributed by atoms with Crippen LogP contribution in [0.15, 0.2) is 0 Å². The molecule has 0 atom stereocenters. The molecule has 0 aromatic rings. The zero-order valence-electron chi connectivity index (χ0n) is 7.69. The van der Waals surface area contributed by atoms with Gasteiger partial charge in [0.25, 0.3) is 0 Å². The van der Waals surface area contributed by atoms with E-state index in [9.17, 15) is 22.8 Å². The van der Waals surface area contributed by atoms with Crippen molar-refractivity contribution in [1.82, 2.24) is 0 Å². The number of hydrogen-bond acceptors (Lipinski definition) is 3. The normalized spacial score (nSPS) is 11.1. The first-order chi connectivity index (χ1) is 6.38. The minimum Gasteiger partial charge on any atom is -0.451 e. The molecular weight excluding hydrogens is 201 g/mol. The average Bonchev–Trinajstić information content (AvgIpc) is 2.09. The Balaban J connectivity index is 3.73. The van der Waals surface area contributed by atoms with E-state index in [4.69, 9.17) is 0 Å². The third kappa shape index (κ3) is 5.55. The molecule has 0 amide bonds. The summed E-state index contributed by atoms with van der Waals surface area (Å²) in [5.74, 6) is -2.81. The van der Waals surface area contributed by atoms with E-state index in [-0.39, 0.29) is 6.42 Å². The van der Waals surface area contributed by atoms with Gasteiger partial charge in [0.1, 0.15) is 6.61 Å². The topological polar surface area (TPSA) is 43.4 Å². The highest BCUT2D eigenvalue weighted by atomic mass is 19.4. The molecule has 0 aromatic carbocycles. The summed E-state index contributed by atoms with van der Waals surface area (Å²) in [5.41, 5.74) is 0. The molecule has 0 saturated carbocycles. The summed E-state index contributed by atoms with van der Waals surface area (Å²) in [7, 11) is 0. The van der Waals surface area contributed by atoms with Crippen molar-refractivity contribution in [3.8, 4) is 0 Å². The molecule has 0 aliphatic rings. The van der Waals surface area contributed by atoms with Crippen LogP contribution in [0.5, 0.6) is 0 Å². The molecule has 3 nitrogen and oxygen atoms in total. The standard InChI is InChI=1S/C8H11F3O3/c1-2-3-4-6(12)5-14-7(13)8(9,10)11/h2-5H2,1H3. The summed E-state index contributed by atoms with van der Waals surface area (Å²) in [6, 6.07) is 0. The van der Waals surface area contributed by atoms with Crippen molar-refractivity contribution in [3.63, 3.8) is 0 Å². The molecule has 0 N–H and O–H groups in total. The number of rotatable bonds is 5.